The number of aryl methyl sites for hydroxylation is 1. The Balaban J connectivity index is 1.89. The van der Waals surface area contributed by atoms with Crippen molar-refractivity contribution in [2.75, 3.05) is 44.8 Å². The summed E-state index contributed by atoms with van der Waals surface area (Å²) in [7, 11) is 1.70. The highest BCUT2D eigenvalue weighted by atomic mass is 32.1. The molecule has 1 saturated heterocycles. The van der Waals surface area contributed by atoms with Gasteiger partial charge in [0, 0.05) is 45.0 Å². The molecule has 21 heavy (non-hydrogen) atoms. The van der Waals surface area contributed by atoms with Gasteiger partial charge < -0.3 is 19.9 Å². The molecular weight excluding hydrogens is 282 g/mol. The minimum Gasteiger partial charge on any atom is -0.383 e. The van der Waals surface area contributed by atoms with Crippen molar-refractivity contribution in [3.05, 3.63) is 29.8 Å². The highest BCUT2D eigenvalue weighted by Crippen LogP contribution is 2.21. The van der Waals surface area contributed by atoms with Gasteiger partial charge in [0.25, 0.3) is 0 Å². The second-order valence-corrected chi connectivity index (χ2v) is 5.94. The summed E-state index contributed by atoms with van der Waals surface area (Å²) in [4.78, 5) is 4.70. The number of nitrogens with zero attached hydrogens (tertiary/aromatic N) is 2. The van der Waals surface area contributed by atoms with E-state index in [4.69, 9.17) is 17.0 Å². The van der Waals surface area contributed by atoms with Gasteiger partial charge in [-0.05, 0) is 38.2 Å². The zero-order chi connectivity index (χ0) is 15.2. The van der Waals surface area contributed by atoms with Crippen LogP contribution in [0.1, 0.15) is 12.5 Å². The van der Waals surface area contributed by atoms with E-state index in [2.05, 4.69) is 53.2 Å². The van der Waals surface area contributed by atoms with Crippen LogP contribution in [0.25, 0.3) is 0 Å². The first-order valence-electron chi connectivity index (χ1n) is 7.47. The van der Waals surface area contributed by atoms with Crippen molar-refractivity contribution in [2.45, 2.75) is 19.9 Å². The van der Waals surface area contributed by atoms with Gasteiger partial charge in [-0.25, -0.2) is 0 Å². The number of rotatable bonds is 4. The summed E-state index contributed by atoms with van der Waals surface area (Å²) in [5.74, 6) is 0. The molecule has 1 aromatic carbocycles. The number of hydrogen-bond acceptors (Lipinski definition) is 3. The van der Waals surface area contributed by atoms with Crippen LogP contribution < -0.4 is 10.2 Å². The summed E-state index contributed by atoms with van der Waals surface area (Å²) in [5, 5.41) is 4.09. The maximum Gasteiger partial charge on any atom is 0.169 e. The monoisotopic (exact) mass is 307 g/mol. The molecule has 5 heteroatoms. The van der Waals surface area contributed by atoms with Gasteiger partial charge in [-0.3, -0.25) is 0 Å². The Hall–Kier alpha value is -1.33. The Morgan fingerprint density at radius 2 is 2.05 bits per heavy atom. The Bertz CT molecular complexity index is 463. The van der Waals surface area contributed by atoms with Crippen molar-refractivity contribution >= 4 is 23.0 Å². The molecule has 116 valence electrons. The highest BCUT2D eigenvalue weighted by Gasteiger charge is 2.25. The molecule has 0 aromatic heterocycles. The number of hydrogen-bond donors (Lipinski definition) is 1. The third kappa shape index (κ3) is 4.32. The van der Waals surface area contributed by atoms with Gasteiger partial charge in [-0.1, -0.05) is 17.7 Å². The molecule has 0 aliphatic carbocycles. The molecule has 0 radical (unpaired) electrons. The van der Waals surface area contributed by atoms with E-state index in [1.807, 2.05) is 0 Å². The van der Waals surface area contributed by atoms with Gasteiger partial charge in [0.05, 0.1) is 6.61 Å². The maximum atomic E-state index is 5.45. The van der Waals surface area contributed by atoms with Crippen LogP contribution in [0.15, 0.2) is 24.3 Å². The van der Waals surface area contributed by atoms with Crippen molar-refractivity contribution < 1.29 is 4.74 Å². The summed E-state index contributed by atoms with van der Waals surface area (Å²) in [6.45, 7) is 8.72. The lowest BCUT2D eigenvalue weighted by Crippen LogP contribution is -2.56. The van der Waals surface area contributed by atoms with E-state index >= 15 is 0 Å². The fourth-order valence-corrected chi connectivity index (χ4v) is 2.90. The van der Waals surface area contributed by atoms with Crippen LogP contribution in [-0.4, -0.2) is 55.9 Å². The second kappa shape index (κ2) is 7.61. The van der Waals surface area contributed by atoms with Crippen molar-refractivity contribution in [3.63, 3.8) is 0 Å². The fourth-order valence-electron chi connectivity index (χ4n) is 2.63. The largest absolute Gasteiger partial charge is 0.383 e. The molecule has 2 rings (SSSR count). The Labute approximate surface area is 133 Å². The number of ether oxygens (including phenoxy) is 1. The third-order valence-electron chi connectivity index (χ3n) is 3.86. The number of nitrogens with one attached hydrogen (secondary N) is 1. The van der Waals surface area contributed by atoms with Gasteiger partial charge in [-0.2, -0.15) is 0 Å². The lowest BCUT2D eigenvalue weighted by atomic mass is 10.1. The Kier molecular flexibility index (Phi) is 5.82. The first-order valence-corrected chi connectivity index (χ1v) is 7.87. The number of methoxy groups -OCH3 is 1. The minimum atomic E-state index is 0.448. The standard InChI is InChI=1S/C16H25N3OS/c1-13-4-6-15(7-5-13)19-10-9-18(12-14(19)2)16(21)17-8-11-20-3/h4-7,14H,8-12H2,1-3H3,(H,17,21)/t14-/m0/s1. The van der Waals surface area contributed by atoms with Crippen LogP contribution in [0.3, 0.4) is 0 Å². The molecule has 0 bridgehead atoms. The normalized spacial score (nSPS) is 18.7. The lowest BCUT2D eigenvalue weighted by Gasteiger charge is -2.42. The molecule has 1 N–H and O–H groups in total. The average molecular weight is 307 g/mol. The lowest BCUT2D eigenvalue weighted by molar-refractivity contribution is 0.202. The van der Waals surface area contributed by atoms with E-state index in [9.17, 15) is 0 Å². The second-order valence-electron chi connectivity index (χ2n) is 5.55. The van der Waals surface area contributed by atoms with Gasteiger partial charge in [-0.15, -0.1) is 0 Å². The van der Waals surface area contributed by atoms with E-state index < -0.39 is 0 Å². The molecule has 1 fully saturated rings. The Morgan fingerprint density at radius 3 is 2.67 bits per heavy atom. The number of piperazine rings is 1. The molecule has 1 aromatic rings. The molecule has 0 spiro atoms. The van der Waals surface area contributed by atoms with Gasteiger partial charge in [0.2, 0.25) is 0 Å². The molecular formula is C16H25N3OS. The van der Waals surface area contributed by atoms with E-state index in [1.54, 1.807) is 7.11 Å². The van der Waals surface area contributed by atoms with Gasteiger partial charge in [0.1, 0.15) is 0 Å². The molecule has 4 nitrogen and oxygen atoms in total. The molecule has 0 saturated carbocycles. The van der Waals surface area contributed by atoms with Crippen LogP contribution in [0.2, 0.25) is 0 Å². The van der Waals surface area contributed by atoms with Crippen LogP contribution in [0, 0.1) is 6.92 Å². The van der Waals surface area contributed by atoms with Crippen LogP contribution in [0.4, 0.5) is 5.69 Å². The molecule has 0 unspecified atom stereocenters. The van der Waals surface area contributed by atoms with Crippen LogP contribution in [0.5, 0.6) is 0 Å². The van der Waals surface area contributed by atoms with Gasteiger partial charge >= 0.3 is 0 Å². The molecule has 1 aliphatic heterocycles. The Morgan fingerprint density at radius 1 is 1.33 bits per heavy atom. The molecule has 1 heterocycles. The number of anilines is 1. The first-order chi connectivity index (χ1) is 10.1. The first kappa shape index (κ1) is 16.0. The third-order valence-corrected chi connectivity index (χ3v) is 4.27. The van der Waals surface area contributed by atoms with Crippen molar-refractivity contribution in [3.8, 4) is 0 Å². The van der Waals surface area contributed by atoms with Crippen molar-refractivity contribution in [2.24, 2.45) is 0 Å². The summed E-state index contributed by atoms with van der Waals surface area (Å²) >= 11 is 5.45. The summed E-state index contributed by atoms with van der Waals surface area (Å²) in [6, 6.07) is 9.20. The molecule has 0 amide bonds. The van der Waals surface area contributed by atoms with E-state index in [0.717, 1.165) is 31.3 Å². The zero-order valence-corrected chi connectivity index (χ0v) is 13.9. The van der Waals surface area contributed by atoms with E-state index in [-0.39, 0.29) is 0 Å². The molecule has 1 atom stereocenters. The van der Waals surface area contributed by atoms with Crippen molar-refractivity contribution in [1.29, 1.82) is 0 Å². The van der Waals surface area contributed by atoms with Crippen LogP contribution >= 0.6 is 12.2 Å². The number of benzene rings is 1. The average Bonchev–Trinajstić information content (AvgIpc) is 2.48. The van der Waals surface area contributed by atoms with Gasteiger partial charge in [0.15, 0.2) is 5.11 Å². The predicted octanol–water partition coefficient (Wildman–Crippen LogP) is 2.03. The fraction of sp³-hybridized carbons (Fsp3) is 0.562. The van der Waals surface area contributed by atoms with E-state index in [1.165, 1.54) is 11.3 Å². The van der Waals surface area contributed by atoms with E-state index in [0.29, 0.717) is 12.6 Å². The molecule has 1 aliphatic rings. The quantitative estimate of drug-likeness (QED) is 0.679. The maximum absolute atomic E-state index is 5.45. The zero-order valence-electron chi connectivity index (χ0n) is 13.1. The van der Waals surface area contributed by atoms with Crippen LogP contribution in [-0.2, 0) is 4.74 Å². The smallest absolute Gasteiger partial charge is 0.169 e. The summed E-state index contributed by atoms with van der Waals surface area (Å²) in [6.07, 6.45) is 0. The topological polar surface area (TPSA) is 27.7 Å². The minimum absolute atomic E-state index is 0.448. The van der Waals surface area contributed by atoms with Crippen molar-refractivity contribution in [1.82, 2.24) is 10.2 Å². The number of thiocarbonyl (C=S) groups is 1. The summed E-state index contributed by atoms with van der Waals surface area (Å²) < 4.78 is 5.04. The highest BCUT2D eigenvalue weighted by molar-refractivity contribution is 7.80. The SMILES string of the molecule is COCCNC(=S)N1CCN(c2ccc(C)cc2)[C@@H](C)C1. The summed E-state index contributed by atoms with van der Waals surface area (Å²) in [5.41, 5.74) is 2.60. The predicted molar refractivity (Wildman–Crippen MR) is 92.0 cm³/mol.